The van der Waals surface area contributed by atoms with Gasteiger partial charge in [0.1, 0.15) is 0 Å². The second kappa shape index (κ2) is 7.82. The number of thiazole rings is 1. The maximum absolute atomic E-state index is 13.1. The van der Waals surface area contributed by atoms with Crippen molar-refractivity contribution < 1.29 is 4.79 Å². The lowest BCUT2D eigenvalue weighted by molar-refractivity contribution is 0.0769. The van der Waals surface area contributed by atoms with Crippen molar-refractivity contribution in [3.8, 4) is 0 Å². The van der Waals surface area contributed by atoms with Crippen molar-refractivity contribution in [1.29, 1.82) is 0 Å². The van der Waals surface area contributed by atoms with E-state index in [1.165, 1.54) is 5.56 Å². The summed E-state index contributed by atoms with van der Waals surface area (Å²) in [6.07, 6.45) is 2.21. The quantitative estimate of drug-likeness (QED) is 0.702. The highest BCUT2D eigenvalue weighted by molar-refractivity contribution is 7.16. The maximum atomic E-state index is 13.1. The minimum atomic E-state index is 0. The SMILES string of the molecule is Cl.O=C(c1ccc2ncsc2c1)N1CC2CNCC2(CCc2ccccc2)C1. The molecule has 3 heterocycles. The Labute approximate surface area is 175 Å². The number of amides is 1. The number of nitrogens with one attached hydrogen (secondary N) is 1. The van der Waals surface area contributed by atoms with Crippen molar-refractivity contribution in [2.45, 2.75) is 12.8 Å². The summed E-state index contributed by atoms with van der Waals surface area (Å²) in [5, 5.41) is 3.58. The highest BCUT2D eigenvalue weighted by Crippen LogP contribution is 2.43. The molecule has 146 valence electrons. The molecule has 0 saturated carbocycles. The van der Waals surface area contributed by atoms with Crippen molar-refractivity contribution in [2.24, 2.45) is 11.3 Å². The maximum Gasteiger partial charge on any atom is 0.253 e. The van der Waals surface area contributed by atoms with E-state index >= 15 is 0 Å². The molecular weight excluding hydrogens is 390 g/mol. The molecule has 3 aromatic rings. The molecule has 0 bridgehead atoms. The predicted molar refractivity (Wildman–Crippen MR) is 116 cm³/mol. The molecule has 2 unspecified atom stereocenters. The summed E-state index contributed by atoms with van der Waals surface area (Å²) in [5.41, 5.74) is 5.19. The van der Waals surface area contributed by atoms with Crippen molar-refractivity contribution in [3.63, 3.8) is 0 Å². The Morgan fingerprint density at radius 1 is 1.25 bits per heavy atom. The van der Waals surface area contributed by atoms with Crippen LogP contribution in [0.15, 0.2) is 54.0 Å². The minimum absolute atomic E-state index is 0. The van der Waals surface area contributed by atoms with E-state index < -0.39 is 0 Å². The molecular formula is C22H24ClN3OS. The van der Waals surface area contributed by atoms with E-state index in [2.05, 4.69) is 45.5 Å². The molecule has 0 spiro atoms. The van der Waals surface area contributed by atoms with Gasteiger partial charge < -0.3 is 10.2 Å². The first kappa shape index (κ1) is 19.4. The molecule has 2 aliphatic rings. The van der Waals surface area contributed by atoms with Crippen LogP contribution < -0.4 is 5.32 Å². The van der Waals surface area contributed by atoms with E-state index in [-0.39, 0.29) is 23.7 Å². The zero-order chi connectivity index (χ0) is 18.3. The predicted octanol–water partition coefficient (Wildman–Crippen LogP) is 4.01. The fraction of sp³-hybridized carbons (Fsp3) is 0.364. The fourth-order valence-corrected chi connectivity index (χ4v) is 5.46. The first-order valence-electron chi connectivity index (χ1n) is 9.61. The van der Waals surface area contributed by atoms with Gasteiger partial charge in [-0.3, -0.25) is 4.79 Å². The molecule has 2 saturated heterocycles. The summed E-state index contributed by atoms with van der Waals surface area (Å²) in [6, 6.07) is 16.6. The molecule has 5 rings (SSSR count). The van der Waals surface area contributed by atoms with Gasteiger partial charge in [-0.2, -0.15) is 0 Å². The van der Waals surface area contributed by atoms with E-state index in [9.17, 15) is 4.79 Å². The first-order valence-corrected chi connectivity index (χ1v) is 10.5. The first-order chi connectivity index (χ1) is 13.2. The van der Waals surface area contributed by atoms with Crippen LogP contribution in [-0.4, -0.2) is 42.0 Å². The largest absolute Gasteiger partial charge is 0.338 e. The molecule has 2 fully saturated rings. The lowest BCUT2D eigenvalue weighted by atomic mass is 9.76. The topological polar surface area (TPSA) is 45.2 Å². The number of nitrogens with zero attached hydrogens (tertiary/aromatic N) is 2. The van der Waals surface area contributed by atoms with Crippen molar-refractivity contribution in [1.82, 2.24) is 15.2 Å². The molecule has 28 heavy (non-hydrogen) atoms. The lowest BCUT2D eigenvalue weighted by Crippen LogP contribution is -2.36. The van der Waals surface area contributed by atoms with Crippen LogP contribution in [-0.2, 0) is 6.42 Å². The Balaban J connectivity index is 0.00000192. The van der Waals surface area contributed by atoms with Crippen molar-refractivity contribution >= 4 is 39.9 Å². The highest BCUT2D eigenvalue weighted by Gasteiger charge is 2.50. The van der Waals surface area contributed by atoms with Gasteiger partial charge in [-0.05, 0) is 42.5 Å². The van der Waals surface area contributed by atoms with Gasteiger partial charge in [0.25, 0.3) is 5.91 Å². The van der Waals surface area contributed by atoms with Crippen LogP contribution in [0.1, 0.15) is 22.3 Å². The summed E-state index contributed by atoms with van der Waals surface area (Å²) >= 11 is 1.59. The molecule has 1 N–H and O–H groups in total. The average Bonchev–Trinajstić information content (AvgIpc) is 3.40. The molecule has 4 nitrogen and oxygen atoms in total. The van der Waals surface area contributed by atoms with E-state index in [0.29, 0.717) is 5.92 Å². The second-order valence-corrected chi connectivity index (χ2v) is 8.78. The lowest BCUT2D eigenvalue weighted by Gasteiger charge is -2.28. The number of halogens is 1. The van der Waals surface area contributed by atoms with Gasteiger partial charge in [-0.25, -0.2) is 4.98 Å². The van der Waals surface area contributed by atoms with Crippen LogP contribution in [0.4, 0.5) is 0 Å². The van der Waals surface area contributed by atoms with Crippen molar-refractivity contribution in [3.05, 3.63) is 65.2 Å². The number of hydrogen-bond donors (Lipinski definition) is 1. The number of benzene rings is 2. The number of aromatic nitrogens is 1. The normalized spacial score (nSPS) is 23.6. The van der Waals surface area contributed by atoms with Crippen molar-refractivity contribution in [2.75, 3.05) is 26.2 Å². The Morgan fingerprint density at radius 2 is 2.11 bits per heavy atom. The van der Waals surface area contributed by atoms with Crippen LogP contribution >= 0.6 is 23.7 Å². The van der Waals surface area contributed by atoms with Crippen LogP contribution in [0.25, 0.3) is 10.2 Å². The summed E-state index contributed by atoms with van der Waals surface area (Å²) in [7, 11) is 0. The van der Waals surface area contributed by atoms with Crippen LogP contribution in [0, 0.1) is 11.3 Å². The summed E-state index contributed by atoms with van der Waals surface area (Å²) < 4.78 is 1.08. The Bertz CT molecular complexity index is 976. The zero-order valence-electron chi connectivity index (χ0n) is 15.6. The number of rotatable bonds is 4. The Hall–Kier alpha value is -1.95. The van der Waals surface area contributed by atoms with Gasteiger partial charge in [0.15, 0.2) is 0 Å². The van der Waals surface area contributed by atoms with E-state index in [1.54, 1.807) is 11.3 Å². The third-order valence-electron chi connectivity index (χ3n) is 6.30. The molecule has 6 heteroatoms. The number of carbonyl (C=O) groups excluding carboxylic acids is 1. The summed E-state index contributed by atoms with van der Waals surface area (Å²) in [4.78, 5) is 19.5. The molecule has 1 aromatic heterocycles. The van der Waals surface area contributed by atoms with Crippen LogP contribution in [0.5, 0.6) is 0 Å². The molecule has 2 aromatic carbocycles. The molecule has 2 atom stereocenters. The highest BCUT2D eigenvalue weighted by atomic mass is 35.5. The molecule has 2 aliphatic heterocycles. The van der Waals surface area contributed by atoms with Gasteiger partial charge in [0.05, 0.1) is 15.7 Å². The summed E-state index contributed by atoms with van der Waals surface area (Å²) in [6.45, 7) is 3.76. The van der Waals surface area contributed by atoms with Gasteiger partial charge in [-0.1, -0.05) is 30.3 Å². The zero-order valence-corrected chi connectivity index (χ0v) is 17.3. The monoisotopic (exact) mass is 413 g/mol. The van der Waals surface area contributed by atoms with E-state index in [0.717, 1.165) is 54.8 Å². The van der Waals surface area contributed by atoms with Gasteiger partial charge in [0.2, 0.25) is 0 Å². The number of fused-ring (bicyclic) bond motifs is 2. The third kappa shape index (κ3) is 3.43. The number of carbonyl (C=O) groups is 1. The minimum Gasteiger partial charge on any atom is -0.338 e. The molecule has 0 radical (unpaired) electrons. The van der Waals surface area contributed by atoms with Crippen LogP contribution in [0.2, 0.25) is 0 Å². The number of hydrogen-bond acceptors (Lipinski definition) is 4. The van der Waals surface area contributed by atoms with Gasteiger partial charge in [-0.15, -0.1) is 23.7 Å². The smallest absolute Gasteiger partial charge is 0.253 e. The molecule has 1 amide bonds. The van der Waals surface area contributed by atoms with Crippen LogP contribution in [0.3, 0.4) is 0 Å². The van der Waals surface area contributed by atoms with E-state index in [1.807, 2.05) is 23.7 Å². The fourth-order valence-electron chi connectivity index (χ4n) is 4.75. The number of likely N-dealkylation sites (tertiary alicyclic amines) is 1. The van der Waals surface area contributed by atoms with Gasteiger partial charge in [0, 0.05) is 37.2 Å². The second-order valence-electron chi connectivity index (χ2n) is 7.90. The van der Waals surface area contributed by atoms with E-state index in [4.69, 9.17) is 0 Å². The summed E-state index contributed by atoms with van der Waals surface area (Å²) in [5.74, 6) is 0.719. The standard InChI is InChI=1S/C22H23N3OS.ClH/c26-21(17-6-7-19-20(10-17)27-15-24-19)25-12-18-11-23-13-22(18,14-25)9-8-16-4-2-1-3-5-16;/h1-7,10,15,18,23H,8-9,11-14H2;1H. The third-order valence-corrected chi connectivity index (χ3v) is 7.09. The average molecular weight is 414 g/mol. The Morgan fingerprint density at radius 3 is 2.96 bits per heavy atom. The molecule has 0 aliphatic carbocycles. The Kier molecular flexibility index (Phi) is 5.41. The number of aryl methyl sites for hydroxylation is 1. The van der Waals surface area contributed by atoms with Gasteiger partial charge >= 0.3 is 0 Å².